The molecule has 1 rings (SSSR count). The molecule has 0 aromatic heterocycles. The SMILES string of the molecule is CCOP(O)(=S)SCCc1ccccc1. The quantitative estimate of drug-likeness (QED) is 0.797. The van der Waals surface area contributed by atoms with Crippen LogP contribution in [0.15, 0.2) is 30.3 Å². The van der Waals surface area contributed by atoms with Crippen molar-refractivity contribution in [2.45, 2.75) is 13.3 Å². The molecule has 1 N–H and O–H groups in total. The van der Waals surface area contributed by atoms with Crippen molar-refractivity contribution in [3.8, 4) is 0 Å². The molecule has 0 aliphatic rings. The van der Waals surface area contributed by atoms with Crippen molar-refractivity contribution in [1.29, 1.82) is 0 Å². The molecule has 0 aliphatic carbocycles. The highest BCUT2D eigenvalue weighted by Crippen LogP contribution is 2.55. The molecule has 1 aromatic carbocycles. The molecule has 5 heteroatoms. The van der Waals surface area contributed by atoms with Crippen LogP contribution in [0.3, 0.4) is 0 Å². The van der Waals surface area contributed by atoms with E-state index in [-0.39, 0.29) is 0 Å². The zero-order valence-electron chi connectivity index (χ0n) is 8.63. The molecule has 0 radical (unpaired) electrons. The van der Waals surface area contributed by atoms with Gasteiger partial charge in [-0.1, -0.05) is 41.7 Å². The minimum atomic E-state index is -2.58. The summed E-state index contributed by atoms with van der Waals surface area (Å²) >= 11 is 6.32. The maximum absolute atomic E-state index is 9.66. The summed E-state index contributed by atoms with van der Waals surface area (Å²) in [4.78, 5) is 9.66. The molecule has 1 atom stereocenters. The third-order valence-corrected chi connectivity index (χ3v) is 6.19. The fraction of sp³-hybridized carbons (Fsp3) is 0.400. The molecule has 0 saturated heterocycles. The highest BCUT2D eigenvalue weighted by Gasteiger charge is 2.12. The summed E-state index contributed by atoms with van der Waals surface area (Å²) in [5.74, 6) is 0.803. The zero-order chi connectivity index (χ0) is 11.1. The summed E-state index contributed by atoms with van der Waals surface area (Å²) < 4.78 is 5.11. The maximum atomic E-state index is 9.66. The third-order valence-electron chi connectivity index (χ3n) is 1.78. The molecule has 2 nitrogen and oxygen atoms in total. The first kappa shape index (κ1) is 13.2. The smallest absolute Gasteiger partial charge is 0.244 e. The molecule has 1 unspecified atom stereocenters. The molecule has 0 amide bonds. The largest absolute Gasteiger partial charge is 0.337 e. The molecule has 0 bridgehead atoms. The molecular formula is C10H15O2PS2. The van der Waals surface area contributed by atoms with E-state index in [0.717, 1.165) is 12.2 Å². The van der Waals surface area contributed by atoms with Crippen molar-refractivity contribution in [2.24, 2.45) is 0 Å². The van der Waals surface area contributed by atoms with E-state index in [0.29, 0.717) is 6.61 Å². The monoisotopic (exact) mass is 262 g/mol. The Balaban J connectivity index is 2.31. The van der Waals surface area contributed by atoms with Gasteiger partial charge in [0.2, 0.25) is 5.69 Å². The molecule has 84 valence electrons. The van der Waals surface area contributed by atoms with Gasteiger partial charge in [0.1, 0.15) is 0 Å². The van der Waals surface area contributed by atoms with E-state index in [1.165, 1.54) is 16.9 Å². The fourth-order valence-corrected chi connectivity index (χ4v) is 4.58. The Morgan fingerprint density at radius 1 is 1.40 bits per heavy atom. The lowest BCUT2D eigenvalue weighted by Gasteiger charge is -2.13. The number of aryl methyl sites for hydroxylation is 1. The number of hydrogen-bond donors (Lipinski definition) is 1. The van der Waals surface area contributed by atoms with Crippen LogP contribution in [0, 0.1) is 0 Å². The molecule has 0 aliphatic heterocycles. The van der Waals surface area contributed by atoms with E-state index >= 15 is 0 Å². The first-order valence-electron chi connectivity index (χ1n) is 4.80. The Kier molecular flexibility index (Phi) is 5.87. The van der Waals surface area contributed by atoms with Crippen LogP contribution in [0.25, 0.3) is 0 Å². The second-order valence-corrected chi connectivity index (χ2v) is 9.25. The van der Waals surface area contributed by atoms with Gasteiger partial charge in [-0.15, -0.1) is 0 Å². The van der Waals surface area contributed by atoms with Crippen molar-refractivity contribution in [2.75, 3.05) is 12.4 Å². The molecule has 0 saturated carbocycles. The van der Waals surface area contributed by atoms with Crippen LogP contribution in [0.4, 0.5) is 0 Å². The van der Waals surface area contributed by atoms with E-state index in [4.69, 9.17) is 16.3 Å². The fourth-order valence-electron chi connectivity index (χ4n) is 1.12. The topological polar surface area (TPSA) is 29.5 Å². The first-order chi connectivity index (χ1) is 7.14. The van der Waals surface area contributed by atoms with E-state index in [1.807, 2.05) is 25.1 Å². The van der Waals surface area contributed by atoms with E-state index < -0.39 is 5.69 Å². The summed E-state index contributed by atoms with van der Waals surface area (Å²) in [6.45, 7) is 2.32. The molecule has 0 fully saturated rings. The van der Waals surface area contributed by atoms with Crippen molar-refractivity contribution in [1.82, 2.24) is 0 Å². The Hall–Kier alpha value is 0.140. The van der Waals surface area contributed by atoms with Gasteiger partial charge >= 0.3 is 0 Å². The number of rotatable bonds is 6. The van der Waals surface area contributed by atoms with Crippen molar-refractivity contribution >= 4 is 28.9 Å². The second kappa shape index (κ2) is 6.66. The van der Waals surface area contributed by atoms with E-state index in [1.54, 1.807) is 0 Å². The Labute approximate surface area is 100.0 Å². The third kappa shape index (κ3) is 5.69. The Morgan fingerprint density at radius 3 is 2.67 bits per heavy atom. The number of hydrogen-bond acceptors (Lipinski definition) is 3. The summed E-state index contributed by atoms with van der Waals surface area (Å²) in [6, 6.07) is 10.2. The summed E-state index contributed by atoms with van der Waals surface area (Å²) in [6.07, 6.45) is 0.914. The van der Waals surface area contributed by atoms with Gasteiger partial charge in [-0.05, 0) is 30.7 Å². The molecular weight excluding hydrogens is 247 g/mol. The van der Waals surface area contributed by atoms with Gasteiger partial charge in [0, 0.05) is 5.75 Å². The van der Waals surface area contributed by atoms with Crippen LogP contribution in [0.1, 0.15) is 12.5 Å². The van der Waals surface area contributed by atoms with Gasteiger partial charge < -0.3 is 9.42 Å². The maximum Gasteiger partial charge on any atom is 0.244 e. The van der Waals surface area contributed by atoms with Crippen LogP contribution in [0.5, 0.6) is 0 Å². The van der Waals surface area contributed by atoms with Crippen molar-refractivity contribution in [3.63, 3.8) is 0 Å². The standard InChI is InChI=1S/C10H15O2PS2/c1-2-12-13(11,14)15-9-8-10-6-4-3-5-7-10/h3-7H,2,8-9H2,1H3,(H,11,14). The Bertz CT molecular complexity index is 329. The second-order valence-electron chi connectivity index (χ2n) is 2.96. The molecule has 1 aromatic rings. The van der Waals surface area contributed by atoms with Crippen LogP contribution < -0.4 is 0 Å². The highest BCUT2D eigenvalue weighted by molar-refractivity contribution is 8.67. The van der Waals surface area contributed by atoms with Crippen LogP contribution in [-0.4, -0.2) is 17.3 Å². The van der Waals surface area contributed by atoms with Gasteiger partial charge in [-0.25, -0.2) is 0 Å². The van der Waals surface area contributed by atoms with Gasteiger partial charge in [0.25, 0.3) is 0 Å². The predicted octanol–water partition coefficient (Wildman–Crippen LogP) is 3.22. The lowest BCUT2D eigenvalue weighted by molar-refractivity contribution is 0.341. The Morgan fingerprint density at radius 2 is 2.07 bits per heavy atom. The normalized spacial score (nSPS) is 14.8. The minimum Gasteiger partial charge on any atom is -0.337 e. The zero-order valence-corrected chi connectivity index (χ0v) is 11.2. The van der Waals surface area contributed by atoms with E-state index in [2.05, 4.69) is 12.1 Å². The molecule has 15 heavy (non-hydrogen) atoms. The summed E-state index contributed by atoms with van der Waals surface area (Å²) in [5.41, 5.74) is -1.32. The summed E-state index contributed by atoms with van der Waals surface area (Å²) in [7, 11) is 0. The minimum absolute atomic E-state index is 0.478. The molecule has 0 spiro atoms. The molecule has 0 heterocycles. The van der Waals surface area contributed by atoms with Crippen molar-refractivity contribution in [3.05, 3.63) is 35.9 Å². The lowest BCUT2D eigenvalue weighted by atomic mass is 10.2. The summed E-state index contributed by atoms with van der Waals surface area (Å²) in [5, 5.41) is 0. The van der Waals surface area contributed by atoms with Crippen LogP contribution in [0.2, 0.25) is 0 Å². The van der Waals surface area contributed by atoms with E-state index in [9.17, 15) is 4.89 Å². The van der Waals surface area contributed by atoms with Crippen LogP contribution in [-0.2, 0) is 22.8 Å². The highest BCUT2D eigenvalue weighted by atomic mass is 32.9. The van der Waals surface area contributed by atoms with Crippen LogP contribution >= 0.6 is 17.1 Å². The average molecular weight is 262 g/mol. The van der Waals surface area contributed by atoms with Gasteiger partial charge in [-0.3, -0.25) is 0 Å². The lowest BCUT2D eigenvalue weighted by Crippen LogP contribution is -1.90. The van der Waals surface area contributed by atoms with Gasteiger partial charge in [-0.2, -0.15) is 0 Å². The first-order valence-corrected chi connectivity index (χ1v) is 9.06. The van der Waals surface area contributed by atoms with Gasteiger partial charge in [0.15, 0.2) is 0 Å². The predicted molar refractivity (Wildman–Crippen MR) is 70.7 cm³/mol. The van der Waals surface area contributed by atoms with Crippen molar-refractivity contribution < 1.29 is 9.42 Å². The average Bonchev–Trinajstić information content (AvgIpc) is 2.19. The number of benzene rings is 1. The van der Waals surface area contributed by atoms with Gasteiger partial charge in [0.05, 0.1) is 6.61 Å².